The minimum atomic E-state index is 0.0944. The normalized spacial score (nSPS) is 20.4. The molecule has 2 saturated heterocycles. The Hall–Kier alpha value is -2.57. The van der Waals surface area contributed by atoms with Crippen molar-refractivity contribution in [2.45, 2.75) is 12.8 Å². The number of nitrogens with one attached hydrogen (secondary N) is 1. The van der Waals surface area contributed by atoms with Gasteiger partial charge in [0.1, 0.15) is 11.5 Å². The van der Waals surface area contributed by atoms with Crippen LogP contribution in [0, 0.1) is 5.92 Å². The zero-order chi connectivity index (χ0) is 21.2. The SMILES string of the molecule is O=C(c1cc2ccc(Cl)cc2[nH]1)N1CCCC(CN2CCN(c3ccccn3)CC2)C1. The van der Waals surface area contributed by atoms with E-state index >= 15 is 0 Å². The van der Waals surface area contributed by atoms with Crippen LogP contribution in [0.15, 0.2) is 48.7 Å². The van der Waals surface area contributed by atoms with Gasteiger partial charge in [-0.15, -0.1) is 0 Å². The first kappa shape index (κ1) is 20.3. The van der Waals surface area contributed by atoms with Crippen molar-refractivity contribution in [3.63, 3.8) is 0 Å². The maximum Gasteiger partial charge on any atom is 0.270 e. The smallest absolute Gasteiger partial charge is 0.270 e. The first-order valence-corrected chi connectivity index (χ1v) is 11.5. The number of aromatic nitrogens is 2. The number of anilines is 1. The standard InChI is InChI=1S/C24H28ClN5O/c25-20-7-6-19-14-22(27-21(19)15-20)24(31)30-9-3-4-18(17-30)16-28-10-12-29(13-11-28)23-5-1-2-8-26-23/h1-2,5-8,14-15,18,27H,3-4,9-13,16-17H2. The topological polar surface area (TPSA) is 55.5 Å². The van der Waals surface area contributed by atoms with E-state index in [-0.39, 0.29) is 5.91 Å². The second-order valence-corrected chi connectivity index (χ2v) is 9.09. The molecule has 1 N–H and O–H groups in total. The lowest BCUT2D eigenvalue weighted by Gasteiger charge is -2.39. The third-order valence-corrected chi connectivity index (χ3v) is 6.72. The number of hydrogen-bond acceptors (Lipinski definition) is 4. The predicted octanol–water partition coefficient (Wildman–Crippen LogP) is 3.89. The first-order chi connectivity index (χ1) is 15.2. The molecule has 1 amide bonds. The van der Waals surface area contributed by atoms with Crippen LogP contribution in [-0.2, 0) is 0 Å². The fourth-order valence-electron chi connectivity index (χ4n) is 4.85. The number of piperazine rings is 1. The summed E-state index contributed by atoms with van der Waals surface area (Å²) in [6.07, 6.45) is 4.11. The number of amides is 1. The molecule has 3 aromatic rings. The molecule has 7 heteroatoms. The Balaban J connectivity index is 1.17. The molecule has 1 aromatic carbocycles. The number of H-pyrrole nitrogens is 1. The van der Waals surface area contributed by atoms with Gasteiger partial charge < -0.3 is 14.8 Å². The van der Waals surface area contributed by atoms with Crippen molar-refractivity contribution in [1.29, 1.82) is 0 Å². The fourth-order valence-corrected chi connectivity index (χ4v) is 5.02. The number of benzene rings is 1. The zero-order valence-corrected chi connectivity index (χ0v) is 18.4. The molecule has 2 fully saturated rings. The molecule has 2 aliphatic heterocycles. The summed E-state index contributed by atoms with van der Waals surface area (Å²) in [6.45, 7) is 6.82. The highest BCUT2D eigenvalue weighted by atomic mass is 35.5. The Morgan fingerprint density at radius 3 is 2.77 bits per heavy atom. The summed E-state index contributed by atoms with van der Waals surface area (Å²) in [5, 5.41) is 1.70. The third-order valence-electron chi connectivity index (χ3n) is 6.48. The summed E-state index contributed by atoms with van der Waals surface area (Å²) in [5.41, 5.74) is 1.57. The van der Waals surface area contributed by atoms with Crippen LogP contribution in [0.2, 0.25) is 5.02 Å². The quantitative estimate of drug-likeness (QED) is 0.672. The van der Waals surface area contributed by atoms with Crippen molar-refractivity contribution in [2.75, 3.05) is 50.7 Å². The Bertz CT molecular complexity index is 1040. The lowest BCUT2D eigenvalue weighted by molar-refractivity contribution is 0.0632. The maximum absolute atomic E-state index is 13.1. The molecule has 6 nitrogen and oxygen atoms in total. The molecule has 5 rings (SSSR count). The van der Waals surface area contributed by atoms with Gasteiger partial charge in [0, 0.05) is 67.9 Å². The Morgan fingerprint density at radius 1 is 1.10 bits per heavy atom. The minimum Gasteiger partial charge on any atom is -0.354 e. The van der Waals surface area contributed by atoms with E-state index < -0.39 is 0 Å². The first-order valence-electron chi connectivity index (χ1n) is 11.1. The van der Waals surface area contributed by atoms with Crippen molar-refractivity contribution in [3.05, 3.63) is 59.4 Å². The number of likely N-dealkylation sites (tertiary alicyclic amines) is 1. The van der Waals surface area contributed by atoms with Gasteiger partial charge in [0.15, 0.2) is 0 Å². The molecule has 0 bridgehead atoms. The van der Waals surface area contributed by atoms with Crippen molar-refractivity contribution < 1.29 is 4.79 Å². The number of carbonyl (C=O) groups is 1. The number of nitrogens with zero attached hydrogens (tertiary/aromatic N) is 4. The van der Waals surface area contributed by atoms with Crippen LogP contribution in [0.25, 0.3) is 10.9 Å². The number of fused-ring (bicyclic) bond motifs is 1. The molecule has 162 valence electrons. The second-order valence-electron chi connectivity index (χ2n) is 8.65. The molecule has 1 atom stereocenters. The molecule has 0 aliphatic carbocycles. The van der Waals surface area contributed by atoms with Crippen molar-refractivity contribution in [3.8, 4) is 0 Å². The van der Waals surface area contributed by atoms with E-state index in [1.54, 1.807) is 0 Å². The van der Waals surface area contributed by atoms with Gasteiger partial charge in [0.25, 0.3) is 5.91 Å². The van der Waals surface area contributed by atoms with E-state index in [1.165, 1.54) is 6.42 Å². The molecule has 0 saturated carbocycles. The maximum atomic E-state index is 13.1. The average molecular weight is 438 g/mol. The summed E-state index contributed by atoms with van der Waals surface area (Å²) in [7, 11) is 0. The number of piperidine rings is 1. The van der Waals surface area contributed by atoms with E-state index in [0.717, 1.165) is 69.0 Å². The molecule has 1 unspecified atom stereocenters. The molecule has 4 heterocycles. The summed E-state index contributed by atoms with van der Waals surface area (Å²) in [4.78, 5) is 27.8. The summed E-state index contributed by atoms with van der Waals surface area (Å²) < 4.78 is 0. The van der Waals surface area contributed by atoms with Crippen LogP contribution in [0.5, 0.6) is 0 Å². The number of carbonyl (C=O) groups excluding carboxylic acids is 1. The zero-order valence-electron chi connectivity index (χ0n) is 17.6. The van der Waals surface area contributed by atoms with E-state index in [1.807, 2.05) is 47.5 Å². The second kappa shape index (κ2) is 8.89. The Labute approximate surface area is 187 Å². The highest BCUT2D eigenvalue weighted by molar-refractivity contribution is 6.31. The molecule has 2 aromatic heterocycles. The van der Waals surface area contributed by atoms with Gasteiger partial charge >= 0.3 is 0 Å². The molecular formula is C24H28ClN5O. The lowest BCUT2D eigenvalue weighted by atomic mass is 9.96. The van der Waals surface area contributed by atoms with Crippen LogP contribution in [0.3, 0.4) is 0 Å². The van der Waals surface area contributed by atoms with Gasteiger partial charge in [0.2, 0.25) is 0 Å². The Morgan fingerprint density at radius 2 is 1.97 bits per heavy atom. The van der Waals surface area contributed by atoms with E-state index in [4.69, 9.17) is 11.6 Å². The van der Waals surface area contributed by atoms with Crippen molar-refractivity contribution in [2.24, 2.45) is 5.92 Å². The summed E-state index contributed by atoms with van der Waals surface area (Å²) in [6, 6.07) is 13.7. The highest BCUT2D eigenvalue weighted by Crippen LogP contribution is 2.24. The molecular weight excluding hydrogens is 410 g/mol. The van der Waals surface area contributed by atoms with Crippen LogP contribution in [-0.4, -0.2) is 71.5 Å². The van der Waals surface area contributed by atoms with Gasteiger partial charge in [-0.05, 0) is 49.1 Å². The van der Waals surface area contributed by atoms with Gasteiger partial charge in [-0.3, -0.25) is 9.69 Å². The predicted molar refractivity (Wildman–Crippen MR) is 125 cm³/mol. The molecule has 0 radical (unpaired) electrons. The monoisotopic (exact) mass is 437 g/mol. The van der Waals surface area contributed by atoms with E-state index in [0.29, 0.717) is 16.6 Å². The number of aromatic amines is 1. The van der Waals surface area contributed by atoms with Crippen molar-refractivity contribution >= 4 is 34.2 Å². The summed E-state index contributed by atoms with van der Waals surface area (Å²) >= 11 is 6.09. The van der Waals surface area contributed by atoms with Crippen LogP contribution in [0.1, 0.15) is 23.3 Å². The van der Waals surface area contributed by atoms with E-state index in [9.17, 15) is 4.79 Å². The highest BCUT2D eigenvalue weighted by Gasteiger charge is 2.28. The largest absolute Gasteiger partial charge is 0.354 e. The number of hydrogen-bond donors (Lipinski definition) is 1. The van der Waals surface area contributed by atoms with Crippen LogP contribution < -0.4 is 4.90 Å². The average Bonchev–Trinajstić information content (AvgIpc) is 3.23. The van der Waals surface area contributed by atoms with Gasteiger partial charge in [-0.25, -0.2) is 4.98 Å². The van der Waals surface area contributed by atoms with Crippen molar-refractivity contribution in [1.82, 2.24) is 19.8 Å². The van der Waals surface area contributed by atoms with E-state index in [2.05, 4.69) is 25.8 Å². The lowest BCUT2D eigenvalue weighted by Crippen LogP contribution is -2.50. The van der Waals surface area contributed by atoms with Crippen LogP contribution in [0.4, 0.5) is 5.82 Å². The van der Waals surface area contributed by atoms with Gasteiger partial charge in [-0.2, -0.15) is 0 Å². The summed E-state index contributed by atoms with van der Waals surface area (Å²) in [5.74, 6) is 1.69. The van der Waals surface area contributed by atoms with Gasteiger partial charge in [-0.1, -0.05) is 23.7 Å². The number of halogens is 1. The number of rotatable bonds is 4. The molecule has 0 spiro atoms. The molecule has 2 aliphatic rings. The number of pyridine rings is 1. The minimum absolute atomic E-state index is 0.0944. The fraction of sp³-hybridized carbons (Fsp3) is 0.417. The van der Waals surface area contributed by atoms with Gasteiger partial charge in [0.05, 0.1) is 0 Å². The van der Waals surface area contributed by atoms with Crippen LogP contribution >= 0.6 is 11.6 Å². The third kappa shape index (κ3) is 4.55. The molecule has 31 heavy (non-hydrogen) atoms. The Kier molecular flexibility index (Phi) is 5.83.